The molecular formula is C7H15NSi. The maximum absolute atomic E-state index is 8.65. The highest BCUT2D eigenvalue weighted by Gasteiger charge is 2.24. The van der Waals surface area contributed by atoms with Crippen LogP contribution in [0.15, 0.2) is 0 Å². The highest BCUT2D eigenvalue weighted by Crippen LogP contribution is 2.23. The molecule has 0 aromatic heterocycles. The van der Waals surface area contributed by atoms with E-state index in [-0.39, 0.29) is 0 Å². The fraction of sp³-hybridized carbons (Fsp3) is 0.857. The number of nitrogens with zero attached hydrogens (tertiary/aromatic N) is 1. The lowest BCUT2D eigenvalue weighted by atomic mass is 10.4. The van der Waals surface area contributed by atoms with E-state index >= 15 is 0 Å². The van der Waals surface area contributed by atoms with Crippen LogP contribution in [0, 0.1) is 11.3 Å². The Morgan fingerprint density at radius 1 is 1.44 bits per heavy atom. The lowest BCUT2D eigenvalue weighted by molar-refractivity contribution is 0.925. The molecule has 0 heterocycles. The highest BCUT2D eigenvalue weighted by molar-refractivity contribution is 6.78. The van der Waals surface area contributed by atoms with E-state index in [2.05, 4.69) is 32.6 Å². The van der Waals surface area contributed by atoms with Gasteiger partial charge in [-0.1, -0.05) is 26.6 Å². The molecule has 0 amide bonds. The van der Waals surface area contributed by atoms with Gasteiger partial charge in [0, 0.05) is 5.54 Å². The minimum absolute atomic E-state index is 0.345. The molecule has 0 spiro atoms. The largest absolute Gasteiger partial charge is 0.198 e. The molecule has 0 aliphatic heterocycles. The van der Waals surface area contributed by atoms with E-state index in [1.165, 1.54) is 0 Å². The molecule has 0 N–H and O–H groups in total. The van der Waals surface area contributed by atoms with Crippen molar-refractivity contribution in [2.75, 3.05) is 0 Å². The van der Waals surface area contributed by atoms with Crippen molar-refractivity contribution >= 4 is 8.07 Å². The van der Waals surface area contributed by atoms with Crippen molar-refractivity contribution in [2.45, 2.75) is 38.5 Å². The maximum atomic E-state index is 8.65. The van der Waals surface area contributed by atoms with Crippen LogP contribution in [0.5, 0.6) is 0 Å². The van der Waals surface area contributed by atoms with Gasteiger partial charge in [0.25, 0.3) is 0 Å². The molecule has 9 heavy (non-hydrogen) atoms. The lowest BCUT2D eigenvalue weighted by Crippen LogP contribution is -2.26. The summed E-state index contributed by atoms with van der Waals surface area (Å²) in [5, 5.41) is 8.65. The van der Waals surface area contributed by atoms with Crippen molar-refractivity contribution in [2.24, 2.45) is 0 Å². The SMILES string of the molecule is CCC(C#N)[Si](C)(C)C. The van der Waals surface area contributed by atoms with Crippen molar-refractivity contribution in [3.63, 3.8) is 0 Å². The summed E-state index contributed by atoms with van der Waals surface area (Å²) in [4.78, 5) is 0. The predicted molar refractivity (Wildman–Crippen MR) is 43.0 cm³/mol. The molecule has 0 aromatic carbocycles. The molecule has 0 bridgehead atoms. The van der Waals surface area contributed by atoms with Crippen LogP contribution in [0.2, 0.25) is 25.2 Å². The molecule has 0 aromatic rings. The average Bonchev–Trinajstić information content (AvgIpc) is 1.65. The van der Waals surface area contributed by atoms with E-state index in [0.717, 1.165) is 6.42 Å². The zero-order valence-electron chi connectivity index (χ0n) is 6.73. The van der Waals surface area contributed by atoms with E-state index in [9.17, 15) is 0 Å². The molecule has 0 radical (unpaired) electrons. The second-order valence-corrected chi connectivity index (χ2v) is 8.88. The van der Waals surface area contributed by atoms with Gasteiger partial charge in [-0.05, 0) is 6.42 Å². The summed E-state index contributed by atoms with van der Waals surface area (Å²) >= 11 is 0. The van der Waals surface area contributed by atoms with Crippen LogP contribution in [0.1, 0.15) is 13.3 Å². The van der Waals surface area contributed by atoms with Gasteiger partial charge in [0.15, 0.2) is 0 Å². The monoisotopic (exact) mass is 141 g/mol. The summed E-state index contributed by atoms with van der Waals surface area (Å²) in [6.45, 7) is 8.81. The lowest BCUT2D eigenvalue weighted by Gasteiger charge is -2.20. The van der Waals surface area contributed by atoms with Crippen molar-refractivity contribution in [1.29, 1.82) is 5.26 Å². The first-order valence-electron chi connectivity index (χ1n) is 3.42. The van der Waals surface area contributed by atoms with Crippen LogP contribution in [0.3, 0.4) is 0 Å². The van der Waals surface area contributed by atoms with Gasteiger partial charge in [0.2, 0.25) is 0 Å². The second-order valence-electron chi connectivity index (χ2n) is 3.46. The fourth-order valence-electron chi connectivity index (χ4n) is 0.897. The van der Waals surface area contributed by atoms with E-state index in [0.29, 0.717) is 5.54 Å². The van der Waals surface area contributed by atoms with E-state index in [1.807, 2.05) is 0 Å². The summed E-state index contributed by atoms with van der Waals surface area (Å²) in [6.07, 6.45) is 1.02. The molecule has 0 aliphatic carbocycles. The third-order valence-electron chi connectivity index (χ3n) is 1.61. The summed E-state index contributed by atoms with van der Waals surface area (Å²) in [5.41, 5.74) is 0.345. The molecule has 0 rings (SSSR count). The van der Waals surface area contributed by atoms with Crippen molar-refractivity contribution in [1.82, 2.24) is 0 Å². The molecule has 1 unspecified atom stereocenters. The molecule has 1 nitrogen and oxygen atoms in total. The number of nitriles is 1. The molecule has 2 heteroatoms. The Hall–Kier alpha value is -0.293. The number of hydrogen-bond acceptors (Lipinski definition) is 1. The van der Waals surface area contributed by atoms with Crippen LogP contribution in [0.25, 0.3) is 0 Å². The predicted octanol–water partition coefficient (Wildman–Crippen LogP) is 2.63. The average molecular weight is 141 g/mol. The van der Waals surface area contributed by atoms with Gasteiger partial charge in [0.05, 0.1) is 14.1 Å². The summed E-state index contributed by atoms with van der Waals surface area (Å²) < 4.78 is 0. The van der Waals surface area contributed by atoms with Gasteiger partial charge in [-0.25, -0.2) is 0 Å². The summed E-state index contributed by atoms with van der Waals surface area (Å²) in [7, 11) is -1.15. The zero-order chi connectivity index (χ0) is 7.49. The highest BCUT2D eigenvalue weighted by atomic mass is 28.3. The maximum Gasteiger partial charge on any atom is 0.0640 e. The zero-order valence-corrected chi connectivity index (χ0v) is 7.73. The minimum Gasteiger partial charge on any atom is -0.198 e. The van der Waals surface area contributed by atoms with Crippen molar-refractivity contribution < 1.29 is 0 Å². The third kappa shape index (κ3) is 2.66. The van der Waals surface area contributed by atoms with Crippen molar-refractivity contribution in [3.05, 3.63) is 0 Å². The molecule has 0 saturated heterocycles. The van der Waals surface area contributed by atoms with Crippen LogP contribution < -0.4 is 0 Å². The van der Waals surface area contributed by atoms with Crippen molar-refractivity contribution in [3.8, 4) is 6.07 Å². The Kier molecular flexibility index (Phi) is 2.93. The first-order valence-corrected chi connectivity index (χ1v) is 6.99. The first-order chi connectivity index (χ1) is 4.02. The molecule has 0 fully saturated rings. The molecule has 0 saturated carbocycles. The third-order valence-corrected chi connectivity index (χ3v) is 4.24. The van der Waals surface area contributed by atoms with Crippen LogP contribution >= 0.6 is 0 Å². The Bertz CT molecular complexity index is 118. The first kappa shape index (κ1) is 8.71. The van der Waals surface area contributed by atoms with E-state index in [1.54, 1.807) is 0 Å². The van der Waals surface area contributed by atoms with Crippen LogP contribution in [-0.2, 0) is 0 Å². The second kappa shape index (κ2) is 3.02. The number of hydrogen-bond donors (Lipinski definition) is 0. The summed E-state index contributed by atoms with van der Waals surface area (Å²) in [5.74, 6) is 0. The number of rotatable bonds is 2. The molecule has 0 aliphatic rings. The standard InChI is InChI=1S/C7H15NSi/c1-5-7(6-8)9(2,3)4/h7H,5H2,1-4H3. The van der Waals surface area contributed by atoms with Crippen LogP contribution in [-0.4, -0.2) is 8.07 Å². The van der Waals surface area contributed by atoms with Gasteiger partial charge in [-0.15, -0.1) is 0 Å². The van der Waals surface area contributed by atoms with E-state index in [4.69, 9.17) is 5.26 Å². The Balaban J connectivity index is 4.00. The molecule has 52 valence electrons. The fourth-order valence-corrected chi connectivity index (χ4v) is 2.51. The quantitative estimate of drug-likeness (QED) is 0.542. The molecule has 1 atom stereocenters. The topological polar surface area (TPSA) is 23.8 Å². The Labute approximate surface area is 58.7 Å². The normalized spacial score (nSPS) is 14.6. The Morgan fingerprint density at radius 3 is 1.89 bits per heavy atom. The smallest absolute Gasteiger partial charge is 0.0640 e. The van der Waals surface area contributed by atoms with Gasteiger partial charge >= 0.3 is 0 Å². The van der Waals surface area contributed by atoms with Gasteiger partial charge in [0.1, 0.15) is 0 Å². The van der Waals surface area contributed by atoms with Crippen LogP contribution in [0.4, 0.5) is 0 Å². The van der Waals surface area contributed by atoms with Gasteiger partial charge in [-0.3, -0.25) is 0 Å². The van der Waals surface area contributed by atoms with E-state index < -0.39 is 8.07 Å². The van der Waals surface area contributed by atoms with Gasteiger partial charge in [-0.2, -0.15) is 5.26 Å². The summed E-state index contributed by atoms with van der Waals surface area (Å²) in [6, 6.07) is 2.35. The Morgan fingerprint density at radius 2 is 1.89 bits per heavy atom. The minimum atomic E-state index is -1.15. The van der Waals surface area contributed by atoms with Gasteiger partial charge < -0.3 is 0 Å². The molecular weight excluding hydrogens is 126 g/mol.